The zero-order valence-electron chi connectivity index (χ0n) is 16.3. The highest BCUT2D eigenvalue weighted by molar-refractivity contribution is 7.89. The molecule has 1 aromatic heterocycles. The fourth-order valence-electron chi connectivity index (χ4n) is 2.49. The standard InChI is InChI=1S/C18H21F3N2O5S2/c1-3-28-9-5-8-23(11-16-22-15(12-29-16)17(24)27-2)30(25,26)14-7-4-6-13(10-14)18(19,20)21/h4,6-7,10,12H,3,5,8-9,11H2,1-2H3. The van der Waals surface area contributed by atoms with Crippen LogP contribution in [0, 0.1) is 0 Å². The molecule has 1 aromatic carbocycles. The highest BCUT2D eigenvalue weighted by Gasteiger charge is 2.33. The van der Waals surface area contributed by atoms with Gasteiger partial charge in [-0.2, -0.15) is 17.5 Å². The average molecular weight is 467 g/mol. The molecule has 0 saturated heterocycles. The molecule has 0 aliphatic carbocycles. The first kappa shape index (κ1) is 24.3. The average Bonchev–Trinajstić information content (AvgIpc) is 3.17. The van der Waals surface area contributed by atoms with Gasteiger partial charge in [-0.3, -0.25) is 0 Å². The number of ether oxygens (including phenoxy) is 2. The molecule has 2 aromatic rings. The Bertz CT molecular complexity index is 961. The molecule has 1 heterocycles. The maximum atomic E-state index is 13.1. The van der Waals surface area contributed by atoms with Crippen LogP contribution in [0.3, 0.4) is 0 Å². The van der Waals surface area contributed by atoms with Gasteiger partial charge in [0.2, 0.25) is 10.0 Å². The number of rotatable bonds is 10. The number of hydrogen-bond donors (Lipinski definition) is 0. The number of sulfonamides is 1. The highest BCUT2D eigenvalue weighted by atomic mass is 32.2. The third-order valence-electron chi connectivity index (χ3n) is 3.96. The highest BCUT2D eigenvalue weighted by Crippen LogP contribution is 2.31. The Kier molecular flexibility index (Phi) is 8.35. The Morgan fingerprint density at radius 3 is 2.67 bits per heavy atom. The first-order valence-electron chi connectivity index (χ1n) is 8.87. The normalized spacial score (nSPS) is 12.3. The van der Waals surface area contributed by atoms with Crippen LogP contribution in [0.4, 0.5) is 13.2 Å². The van der Waals surface area contributed by atoms with Crippen molar-refractivity contribution in [3.63, 3.8) is 0 Å². The maximum absolute atomic E-state index is 13.1. The van der Waals surface area contributed by atoms with Gasteiger partial charge in [0.05, 0.1) is 24.1 Å². The van der Waals surface area contributed by atoms with Gasteiger partial charge in [0.25, 0.3) is 0 Å². The molecule has 0 radical (unpaired) electrons. The molecule has 0 bridgehead atoms. The van der Waals surface area contributed by atoms with Crippen molar-refractivity contribution < 1.29 is 35.9 Å². The van der Waals surface area contributed by atoms with E-state index in [1.165, 1.54) is 12.5 Å². The quantitative estimate of drug-likeness (QED) is 0.393. The van der Waals surface area contributed by atoms with E-state index in [0.29, 0.717) is 24.1 Å². The lowest BCUT2D eigenvalue weighted by atomic mass is 10.2. The van der Waals surface area contributed by atoms with Crippen LogP contribution in [0.25, 0.3) is 0 Å². The van der Waals surface area contributed by atoms with E-state index in [0.717, 1.165) is 33.8 Å². The molecule has 0 amide bonds. The second kappa shape index (κ2) is 10.3. The van der Waals surface area contributed by atoms with Gasteiger partial charge in [0.15, 0.2) is 5.69 Å². The monoisotopic (exact) mass is 466 g/mol. The summed E-state index contributed by atoms with van der Waals surface area (Å²) in [5.41, 5.74) is -1.02. The number of alkyl halides is 3. The van der Waals surface area contributed by atoms with E-state index in [4.69, 9.17) is 4.74 Å². The van der Waals surface area contributed by atoms with Gasteiger partial charge in [0.1, 0.15) is 5.01 Å². The van der Waals surface area contributed by atoms with Crippen LogP contribution >= 0.6 is 11.3 Å². The Morgan fingerprint density at radius 2 is 2.03 bits per heavy atom. The lowest BCUT2D eigenvalue weighted by Gasteiger charge is -2.22. The molecule has 0 aliphatic rings. The van der Waals surface area contributed by atoms with Gasteiger partial charge in [0, 0.05) is 25.1 Å². The van der Waals surface area contributed by atoms with Gasteiger partial charge in [-0.25, -0.2) is 18.2 Å². The second-order valence-electron chi connectivity index (χ2n) is 6.03. The lowest BCUT2D eigenvalue weighted by Crippen LogP contribution is -2.32. The molecule has 0 unspecified atom stereocenters. The number of halogens is 3. The number of nitrogens with zero attached hydrogens (tertiary/aromatic N) is 2. The van der Waals surface area contributed by atoms with Crippen LogP contribution < -0.4 is 0 Å². The Morgan fingerprint density at radius 1 is 1.30 bits per heavy atom. The summed E-state index contributed by atoms with van der Waals surface area (Å²) in [6.07, 6.45) is -4.34. The fraction of sp³-hybridized carbons (Fsp3) is 0.444. The lowest BCUT2D eigenvalue weighted by molar-refractivity contribution is -0.137. The van der Waals surface area contributed by atoms with Crippen LogP contribution in [0.2, 0.25) is 0 Å². The molecule has 12 heteroatoms. The van der Waals surface area contributed by atoms with Gasteiger partial charge >= 0.3 is 12.1 Å². The van der Waals surface area contributed by atoms with Crippen molar-refractivity contribution in [2.24, 2.45) is 0 Å². The summed E-state index contributed by atoms with van der Waals surface area (Å²) < 4.78 is 76.1. The predicted octanol–water partition coefficient (Wildman–Crippen LogP) is 3.57. The van der Waals surface area contributed by atoms with Crippen LogP contribution in [0.1, 0.15) is 34.4 Å². The minimum absolute atomic E-state index is 0.00567. The summed E-state index contributed by atoms with van der Waals surface area (Å²) in [6, 6.07) is 3.57. The van der Waals surface area contributed by atoms with E-state index < -0.39 is 32.6 Å². The molecule has 7 nitrogen and oxygen atoms in total. The van der Waals surface area contributed by atoms with E-state index in [1.54, 1.807) is 6.92 Å². The number of methoxy groups -OCH3 is 1. The van der Waals surface area contributed by atoms with Crippen LogP contribution in [0.15, 0.2) is 34.5 Å². The van der Waals surface area contributed by atoms with Crippen molar-refractivity contribution in [1.29, 1.82) is 0 Å². The molecule has 0 atom stereocenters. The molecular formula is C18H21F3N2O5S2. The van der Waals surface area contributed by atoms with E-state index in [9.17, 15) is 26.4 Å². The molecule has 0 saturated carbocycles. The van der Waals surface area contributed by atoms with Gasteiger partial charge < -0.3 is 9.47 Å². The Balaban J connectivity index is 2.33. The molecule has 30 heavy (non-hydrogen) atoms. The van der Waals surface area contributed by atoms with Crippen LogP contribution in [-0.2, 0) is 32.2 Å². The van der Waals surface area contributed by atoms with Crippen LogP contribution in [-0.4, -0.2) is 50.5 Å². The third-order valence-corrected chi connectivity index (χ3v) is 6.63. The molecular weight excluding hydrogens is 445 g/mol. The number of carbonyl (C=O) groups is 1. The zero-order chi connectivity index (χ0) is 22.4. The SMILES string of the molecule is CCOCCCN(Cc1nc(C(=O)OC)cs1)S(=O)(=O)c1cccc(C(F)(F)F)c1. The fourth-order valence-corrected chi connectivity index (χ4v) is 4.83. The van der Waals surface area contributed by atoms with Crippen molar-refractivity contribution in [2.45, 2.75) is 31.0 Å². The van der Waals surface area contributed by atoms with E-state index in [2.05, 4.69) is 9.72 Å². The zero-order valence-corrected chi connectivity index (χ0v) is 17.9. The first-order chi connectivity index (χ1) is 14.1. The van der Waals surface area contributed by atoms with Gasteiger partial charge in [-0.15, -0.1) is 11.3 Å². The van der Waals surface area contributed by atoms with E-state index >= 15 is 0 Å². The summed E-state index contributed by atoms with van der Waals surface area (Å²) in [7, 11) is -3.06. The smallest absolute Gasteiger partial charge is 0.416 e. The predicted molar refractivity (Wildman–Crippen MR) is 104 cm³/mol. The number of aromatic nitrogens is 1. The van der Waals surface area contributed by atoms with Crippen molar-refractivity contribution >= 4 is 27.3 Å². The van der Waals surface area contributed by atoms with E-state index in [1.807, 2.05) is 0 Å². The largest absolute Gasteiger partial charge is 0.464 e. The number of thiazole rings is 1. The minimum atomic E-state index is -4.67. The van der Waals surface area contributed by atoms with Crippen molar-refractivity contribution in [1.82, 2.24) is 9.29 Å². The molecule has 0 N–H and O–H groups in total. The number of hydrogen-bond acceptors (Lipinski definition) is 7. The topological polar surface area (TPSA) is 85.8 Å². The van der Waals surface area contributed by atoms with Gasteiger partial charge in [-0.05, 0) is 31.5 Å². The summed E-state index contributed by atoms with van der Waals surface area (Å²) in [4.78, 5) is 15.2. The third kappa shape index (κ3) is 6.24. The summed E-state index contributed by atoms with van der Waals surface area (Å²) in [5.74, 6) is -0.666. The van der Waals surface area contributed by atoms with Gasteiger partial charge in [-0.1, -0.05) is 6.07 Å². The number of esters is 1. The molecule has 0 fully saturated rings. The molecule has 166 valence electrons. The second-order valence-corrected chi connectivity index (χ2v) is 8.91. The number of benzene rings is 1. The first-order valence-corrected chi connectivity index (χ1v) is 11.2. The molecule has 0 aliphatic heterocycles. The summed E-state index contributed by atoms with van der Waals surface area (Å²) >= 11 is 1.05. The van der Waals surface area contributed by atoms with Crippen LogP contribution in [0.5, 0.6) is 0 Å². The summed E-state index contributed by atoms with van der Waals surface area (Å²) in [6.45, 7) is 2.34. The maximum Gasteiger partial charge on any atom is 0.416 e. The van der Waals surface area contributed by atoms with Crippen molar-refractivity contribution in [3.8, 4) is 0 Å². The Hall–Kier alpha value is -2.02. The summed E-state index contributed by atoms with van der Waals surface area (Å²) in [5, 5.41) is 1.73. The van der Waals surface area contributed by atoms with Crippen molar-refractivity contribution in [2.75, 3.05) is 26.9 Å². The number of carbonyl (C=O) groups excluding carboxylic acids is 1. The molecule has 2 rings (SSSR count). The minimum Gasteiger partial charge on any atom is -0.464 e. The molecule has 0 spiro atoms. The Labute approximate surface area is 176 Å². The van der Waals surface area contributed by atoms with E-state index in [-0.39, 0.29) is 25.4 Å². The van der Waals surface area contributed by atoms with Crippen molar-refractivity contribution in [3.05, 3.63) is 45.9 Å².